The smallest absolute Gasteiger partial charge is 0.274 e. The Morgan fingerprint density at radius 2 is 1.75 bits per heavy atom. The summed E-state index contributed by atoms with van der Waals surface area (Å²) in [4.78, 5) is 38.0. The van der Waals surface area contributed by atoms with Gasteiger partial charge in [0.05, 0.1) is 11.9 Å². The first kappa shape index (κ1) is 25.5. The van der Waals surface area contributed by atoms with E-state index in [0.29, 0.717) is 13.1 Å². The van der Waals surface area contributed by atoms with Gasteiger partial charge in [-0.15, -0.1) is 0 Å². The molecule has 0 radical (unpaired) electrons. The van der Waals surface area contributed by atoms with E-state index in [2.05, 4.69) is 34.0 Å². The molecule has 0 bridgehead atoms. The van der Waals surface area contributed by atoms with E-state index in [4.69, 9.17) is 0 Å². The number of benzene rings is 1. The number of carbonyl (C=O) groups is 2. The first-order valence-corrected chi connectivity index (χ1v) is 11.6. The lowest BCUT2D eigenvalue weighted by Crippen LogP contribution is -2.38. The third kappa shape index (κ3) is 8.75. The molecule has 0 aliphatic carbocycles. The molecule has 1 atom stereocenters. The summed E-state index contributed by atoms with van der Waals surface area (Å²) >= 11 is 0. The van der Waals surface area contributed by atoms with Gasteiger partial charge in [0.15, 0.2) is 0 Å². The van der Waals surface area contributed by atoms with Crippen molar-refractivity contribution in [2.75, 3.05) is 26.2 Å². The topological polar surface area (TPSA) is 78.4 Å². The summed E-state index contributed by atoms with van der Waals surface area (Å²) in [5.74, 6) is -0.261. The predicted octanol–water partition coefficient (Wildman–Crippen LogP) is 3.44. The fourth-order valence-electron chi connectivity index (χ4n) is 3.54. The molecule has 1 unspecified atom stereocenters. The van der Waals surface area contributed by atoms with Crippen molar-refractivity contribution in [3.8, 4) is 0 Å². The third-order valence-electron chi connectivity index (χ3n) is 5.53. The molecule has 174 valence electrons. The van der Waals surface area contributed by atoms with Gasteiger partial charge in [0.2, 0.25) is 5.91 Å². The lowest BCUT2D eigenvalue weighted by atomic mass is 10.1. The minimum Gasteiger partial charge on any atom is -0.354 e. The van der Waals surface area contributed by atoms with Gasteiger partial charge in [-0.1, -0.05) is 44.2 Å². The number of aryl methyl sites for hydroxylation is 1. The molecule has 0 spiro atoms. The second-order valence-corrected chi connectivity index (χ2v) is 8.14. The van der Waals surface area contributed by atoms with Crippen LogP contribution in [0.25, 0.3) is 0 Å². The van der Waals surface area contributed by atoms with Crippen LogP contribution in [0.4, 0.5) is 0 Å². The second kappa shape index (κ2) is 13.6. The van der Waals surface area contributed by atoms with Crippen LogP contribution in [0.3, 0.4) is 0 Å². The maximum Gasteiger partial charge on any atom is 0.274 e. The molecule has 0 aliphatic heterocycles. The van der Waals surface area contributed by atoms with Gasteiger partial charge >= 0.3 is 0 Å². The Labute approximate surface area is 192 Å². The Morgan fingerprint density at radius 1 is 1.03 bits per heavy atom. The molecular formula is C25H37N5O2. The summed E-state index contributed by atoms with van der Waals surface area (Å²) < 4.78 is 0. The maximum atomic E-state index is 13.0. The molecule has 2 amide bonds. The lowest BCUT2D eigenvalue weighted by Gasteiger charge is -2.23. The Morgan fingerprint density at radius 3 is 2.38 bits per heavy atom. The molecular weight excluding hydrogens is 402 g/mol. The largest absolute Gasteiger partial charge is 0.354 e. The number of amides is 2. The predicted molar refractivity (Wildman–Crippen MR) is 127 cm³/mol. The van der Waals surface area contributed by atoms with Crippen molar-refractivity contribution in [1.29, 1.82) is 0 Å². The zero-order valence-corrected chi connectivity index (χ0v) is 19.9. The Kier molecular flexibility index (Phi) is 10.8. The average molecular weight is 440 g/mol. The highest BCUT2D eigenvalue weighted by atomic mass is 16.2. The van der Waals surface area contributed by atoms with Gasteiger partial charge in [-0.2, -0.15) is 0 Å². The third-order valence-corrected chi connectivity index (χ3v) is 5.53. The van der Waals surface area contributed by atoms with Crippen LogP contribution in [-0.2, 0) is 11.3 Å². The second-order valence-electron chi connectivity index (χ2n) is 8.14. The van der Waals surface area contributed by atoms with Crippen molar-refractivity contribution in [2.45, 2.75) is 59.5 Å². The van der Waals surface area contributed by atoms with Gasteiger partial charge in [-0.3, -0.25) is 14.6 Å². The highest BCUT2D eigenvalue weighted by Crippen LogP contribution is 2.10. The number of nitrogens with one attached hydrogen (secondary N) is 1. The first-order valence-electron chi connectivity index (χ1n) is 11.6. The van der Waals surface area contributed by atoms with Crippen LogP contribution in [0.2, 0.25) is 0 Å². The number of hydrogen-bond acceptors (Lipinski definition) is 5. The summed E-state index contributed by atoms with van der Waals surface area (Å²) in [7, 11) is 0. The van der Waals surface area contributed by atoms with Crippen LogP contribution < -0.4 is 5.32 Å². The van der Waals surface area contributed by atoms with E-state index in [1.165, 1.54) is 6.20 Å². The van der Waals surface area contributed by atoms with E-state index in [0.717, 1.165) is 43.7 Å². The Hall–Kier alpha value is -2.80. The highest BCUT2D eigenvalue weighted by Gasteiger charge is 2.19. The number of aromatic nitrogens is 2. The van der Waals surface area contributed by atoms with Gasteiger partial charge in [-0.25, -0.2) is 4.98 Å². The summed E-state index contributed by atoms with van der Waals surface area (Å²) in [6.07, 6.45) is 5.31. The van der Waals surface area contributed by atoms with E-state index in [-0.39, 0.29) is 30.0 Å². The monoisotopic (exact) mass is 439 g/mol. The number of nitrogens with zero attached hydrogens (tertiary/aromatic N) is 4. The van der Waals surface area contributed by atoms with Crippen LogP contribution in [0.1, 0.15) is 61.8 Å². The first-order chi connectivity index (χ1) is 15.4. The van der Waals surface area contributed by atoms with Crippen molar-refractivity contribution in [2.24, 2.45) is 0 Å². The van der Waals surface area contributed by atoms with Gasteiger partial charge in [0.1, 0.15) is 5.69 Å². The molecule has 2 aromatic rings. The Bertz CT molecular complexity index is 822. The van der Waals surface area contributed by atoms with E-state index < -0.39 is 0 Å². The molecule has 7 nitrogen and oxygen atoms in total. The van der Waals surface area contributed by atoms with Crippen molar-refractivity contribution >= 4 is 11.8 Å². The molecule has 0 fully saturated rings. The van der Waals surface area contributed by atoms with Crippen molar-refractivity contribution in [3.63, 3.8) is 0 Å². The van der Waals surface area contributed by atoms with Gasteiger partial charge < -0.3 is 15.1 Å². The summed E-state index contributed by atoms with van der Waals surface area (Å²) in [6, 6.07) is 9.88. The van der Waals surface area contributed by atoms with Crippen LogP contribution in [0, 0.1) is 6.92 Å². The fraction of sp³-hybridized carbons (Fsp3) is 0.520. The van der Waals surface area contributed by atoms with Crippen LogP contribution >= 0.6 is 0 Å². The molecule has 1 heterocycles. The fourth-order valence-corrected chi connectivity index (χ4v) is 3.54. The zero-order chi connectivity index (χ0) is 23.3. The van der Waals surface area contributed by atoms with Crippen LogP contribution in [0.15, 0.2) is 42.7 Å². The van der Waals surface area contributed by atoms with Gasteiger partial charge in [-0.05, 0) is 51.9 Å². The molecule has 32 heavy (non-hydrogen) atoms. The van der Waals surface area contributed by atoms with Gasteiger partial charge in [0.25, 0.3) is 5.91 Å². The van der Waals surface area contributed by atoms with E-state index >= 15 is 0 Å². The zero-order valence-electron chi connectivity index (χ0n) is 19.9. The minimum absolute atomic E-state index is 0.0406. The molecule has 0 aliphatic rings. The van der Waals surface area contributed by atoms with E-state index in [9.17, 15) is 9.59 Å². The molecule has 0 saturated heterocycles. The lowest BCUT2D eigenvalue weighted by molar-refractivity contribution is -0.121. The minimum atomic E-state index is -0.221. The summed E-state index contributed by atoms with van der Waals surface area (Å²) in [6.45, 7) is 12.1. The summed E-state index contributed by atoms with van der Waals surface area (Å²) in [5, 5.41) is 3.07. The maximum absolute atomic E-state index is 13.0. The van der Waals surface area contributed by atoms with Crippen LogP contribution in [-0.4, -0.2) is 63.8 Å². The summed E-state index contributed by atoms with van der Waals surface area (Å²) in [5.41, 5.74) is 2.05. The molecule has 2 rings (SSSR count). The molecule has 7 heteroatoms. The molecule has 0 saturated carbocycles. The quantitative estimate of drug-likeness (QED) is 0.517. The molecule has 1 aromatic heterocycles. The standard InChI is InChI=1S/C25H37N5O2/c1-5-29(6-2)15-10-11-20(3)28-24(31)14-16-30(19-22-12-8-7-9-13-22)25(32)23-18-26-21(4)17-27-23/h7-9,12-13,17-18,20H,5-6,10-11,14-16,19H2,1-4H3,(H,28,31). The van der Waals surface area contributed by atoms with Crippen molar-refractivity contribution in [3.05, 3.63) is 59.7 Å². The normalized spacial score (nSPS) is 11.9. The SMILES string of the molecule is CCN(CC)CCCC(C)NC(=O)CCN(Cc1ccccc1)C(=O)c1cnc(C)cn1. The molecule has 1 N–H and O–H groups in total. The van der Waals surface area contributed by atoms with Crippen molar-refractivity contribution < 1.29 is 9.59 Å². The average Bonchev–Trinajstić information content (AvgIpc) is 2.80. The number of carbonyl (C=O) groups excluding carboxylic acids is 2. The number of rotatable bonds is 13. The highest BCUT2D eigenvalue weighted by molar-refractivity contribution is 5.92. The van der Waals surface area contributed by atoms with E-state index in [1.807, 2.05) is 44.2 Å². The molecule has 1 aromatic carbocycles. The number of hydrogen-bond donors (Lipinski definition) is 1. The van der Waals surface area contributed by atoms with E-state index in [1.54, 1.807) is 11.1 Å². The van der Waals surface area contributed by atoms with Gasteiger partial charge in [0, 0.05) is 31.7 Å². The Balaban J connectivity index is 1.91. The van der Waals surface area contributed by atoms with Crippen molar-refractivity contribution in [1.82, 2.24) is 25.1 Å². The van der Waals surface area contributed by atoms with Crippen LogP contribution in [0.5, 0.6) is 0 Å².